The van der Waals surface area contributed by atoms with Crippen molar-refractivity contribution in [2.75, 3.05) is 11.9 Å². The predicted molar refractivity (Wildman–Crippen MR) is 125 cm³/mol. The zero-order valence-corrected chi connectivity index (χ0v) is 19.2. The van der Waals surface area contributed by atoms with Gasteiger partial charge in [0.1, 0.15) is 11.7 Å². The minimum Gasteiger partial charge on any atom is -0.339 e. The van der Waals surface area contributed by atoms with Gasteiger partial charge in [-0.05, 0) is 81.1 Å². The Labute approximate surface area is 192 Å². The van der Waals surface area contributed by atoms with Crippen LogP contribution in [0, 0.1) is 17.8 Å². The van der Waals surface area contributed by atoms with Crippen molar-refractivity contribution in [3.05, 3.63) is 41.4 Å². The van der Waals surface area contributed by atoms with E-state index >= 15 is 0 Å². The number of hydrogen-bond acceptors (Lipinski definition) is 6. The van der Waals surface area contributed by atoms with Crippen LogP contribution in [-0.4, -0.2) is 50.1 Å². The first-order chi connectivity index (χ1) is 15.9. The van der Waals surface area contributed by atoms with Gasteiger partial charge >= 0.3 is 0 Å². The molecule has 0 spiro atoms. The average Bonchev–Trinajstić information content (AvgIpc) is 3.72. The molecule has 1 atom stereocenters. The summed E-state index contributed by atoms with van der Waals surface area (Å²) >= 11 is 0. The summed E-state index contributed by atoms with van der Waals surface area (Å²) in [6.45, 7) is 4.69. The molecule has 2 aliphatic carbocycles. The van der Waals surface area contributed by atoms with Crippen LogP contribution >= 0.6 is 0 Å². The second kappa shape index (κ2) is 8.53. The van der Waals surface area contributed by atoms with Gasteiger partial charge in [0, 0.05) is 24.5 Å². The van der Waals surface area contributed by atoms with Crippen molar-refractivity contribution in [3.8, 4) is 0 Å². The van der Waals surface area contributed by atoms with Crippen LogP contribution in [0.5, 0.6) is 0 Å². The van der Waals surface area contributed by atoms with E-state index in [9.17, 15) is 9.59 Å². The van der Waals surface area contributed by atoms with Crippen molar-refractivity contribution in [1.29, 1.82) is 0 Å². The van der Waals surface area contributed by atoms with Gasteiger partial charge in [-0.15, -0.1) is 10.2 Å². The van der Waals surface area contributed by atoms with Crippen molar-refractivity contribution >= 4 is 28.9 Å². The van der Waals surface area contributed by atoms with E-state index in [1.165, 1.54) is 4.68 Å². The highest BCUT2D eigenvalue weighted by Gasteiger charge is 2.48. The Kier molecular flexibility index (Phi) is 5.55. The fraction of sp³-hybridized carbons (Fsp3) is 0.500. The molecular formula is C24H29N7O2. The number of hydrogen-bond donors (Lipinski definition) is 2. The van der Waals surface area contributed by atoms with Gasteiger partial charge in [-0.2, -0.15) is 5.10 Å². The number of aliphatic imine (C=N–C) groups is 1. The number of aromatic nitrogens is 4. The van der Waals surface area contributed by atoms with Crippen LogP contribution in [-0.2, 0) is 11.8 Å². The normalized spacial score (nSPS) is 19.0. The van der Waals surface area contributed by atoms with Crippen LogP contribution in [0.2, 0.25) is 0 Å². The quantitative estimate of drug-likeness (QED) is 0.646. The molecule has 2 N–H and O–H groups in total. The molecule has 2 aromatic heterocycles. The Bertz CT molecular complexity index is 1130. The van der Waals surface area contributed by atoms with E-state index in [0.29, 0.717) is 29.9 Å². The Balaban J connectivity index is 1.35. The van der Waals surface area contributed by atoms with Crippen molar-refractivity contribution in [2.24, 2.45) is 29.8 Å². The lowest BCUT2D eigenvalue weighted by Gasteiger charge is -2.27. The summed E-state index contributed by atoms with van der Waals surface area (Å²) in [4.78, 5) is 30.8. The first kappa shape index (κ1) is 21.5. The summed E-state index contributed by atoms with van der Waals surface area (Å²) < 4.78 is 1.52. The highest BCUT2D eigenvalue weighted by atomic mass is 16.2. The number of aryl methyl sites for hydroxylation is 1. The number of rotatable bonds is 8. The maximum absolute atomic E-state index is 13.4. The van der Waals surface area contributed by atoms with Gasteiger partial charge in [-0.1, -0.05) is 0 Å². The number of carbonyl (C=O) groups excluding carboxylic acids is 2. The van der Waals surface area contributed by atoms with Crippen LogP contribution in [0.25, 0.3) is 5.57 Å². The van der Waals surface area contributed by atoms with Gasteiger partial charge in [0.15, 0.2) is 5.82 Å². The second-order valence-electron chi connectivity index (χ2n) is 9.39. The van der Waals surface area contributed by atoms with Gasteiger partial charge in [-0.25, -0.2) is 0 Å². The molecular weight excluding hydrogens is 418 g/mol. The van der Waals surface area contributed by atoms with Crippen LogP contribution in [0.3, 0.4) is 0 Å². The van der Waals surface area contributed by atoms with Gasteiger partial charge < -0.3 is 10.6 Å². The smallest absolute Gasteiger partial charge is 0.270 e. The third-order valence-electron chi connectivity index (χ3n) is 6.85. The van der Waals surface area contributed by atoms with Gasteiger partial charge in [0.2, 0.25) is 5.91 Å². The van der Waals surface area contributed by atoms with E-state index < -0.39 is 6.04 Å². The van der Waals surface area contributed by atoms with Crippen LogP contribution < -0.4 is 10.6 Å². The summed E-state index contributed by atoms with van der Waals surface area (Å²) in [6.07, 6.45) is 6.01. The molecule has 172 valence electrons. The molecule has 2 fully saturated rings. The second-order valence-corrected chi connectivity index (χ2v) is 9.39. The highest BCUT2D eigenvalue weighted by molar-refractivity contribution is 6.24. The molecule has 33 heavy (non-hydrogen) atoms. The van der Waals surface area contributed by atoms with E-state index in [1.54, 1.807) is 25.4 Å². The third kappa shape index (κ3) is 4.44. The molecule has 0 saturated heterocycles. The lowest BCUT2D eigenvalue weighted by molar-refractivity contribution is -0.119. The van der Waals surface area contributed by atoms with Crippen molar-refractivity contribution in [2.45, 2.75) is 45.6 Å². The number of allylic oxidation sites excluding steroid dienone is 1. The van der Waals surface area contributed by atoms with E-state index in [2.05, 4.69) is 30.9 Å². The third-order valence-corrected chi connectivity index (χ3v) is 6.85. The monoisotopic (exact) mass is 447 g/mol. The summed E-state index contributed by atoms with van der Waals surface area (Å²) in [5, 5.41) is 18.5. The molecule has 9 nitrogen and oxygen atoms in total. The standard InChI is InChI=1S/C24H29N7O2/c1-13-12-25-14(2)20(13)17-8-9-19(30-29-17)27-24(33)22(21(15-4-5-15)16-6-7-16)28-23(32)18-10-11-26-31(18)3/h8-11,15-16,21-22H,4-7,12H2,1-3H3,(H,28,32)(H,27,30,33)/t22-/m0/s1. The Morgan fingerprint density at radius 2 is 1.79 bits per heavy atom. The number of anilines is 1. The molecule has 5 rings (SSSR count). The summed E-state index contributed by atoms with van der Waals surface area (Å²) in [6, 6.07) is 4.65. The Morgan fingerprint density at radius 1 is 1.06 bits per heavy atom. The van der Waals surface area contributed by atoms with E-state index in [-0.39, 0.29) is 17.7 Å². The lowest BCUT2D eigenvalue weighted by Crippen LogP contribution is -2.50. The molecule has 0 bridgehead atoms. The van der Waals surface area contributed by atoms with Gasteiger partial charge in [0.25, 0.3) is 5.91 Å². The van der Waals surface area contributed by atoms with Crippen LogP contribution in [0.4, 0.5) is 5.82 Å². The fourth-order valence-electron chi connectivity index (χ4n) is 4.88. The van der Waals surface area contributed by atoms with Crippen molar-refractivity contribution < 1.29 is 9.59 Å². The molecule has 0 radical (unpaired) electrons. The molecule has 2 amide bonds. The molecule has 3 heterocycles. The largest absolute Gasteiger partial charge is 0.339 e. The SMILES string of the molecule is CC1=NCC(C)=C1c1ccc(NC(=O)[C@@H](NC(=O)c2ccnn2C)C(C2CC2)C2CC2)nn1. The number of amides is 2. The summed E-state index contributed by atoms with van der Waals surface area (Å²) in [5.74, 6) is 0.937. The van der Waals surface area contributed by atoms with Gasteiger partial charge in [-0.3, -0.25) is 19.3 Å². The Morgan fingerprint density at radius 3 is 2.30 bits per heavy atom. The fourth-order valence-corrected chi connectivity index (χ4v) is 4.88. The van der Waals surface area contributed by atoms with E-state index in [1.807, 2.05) is 19.9 Å². The minimum absolute atomic E-state index is 0.138. The predicted octanol–water partition coefficient (Wildman–Crippen LogP) is 2.63. The lowest BCUT2D eigenvalue weighted by atomic mass is 9.88. The highest BCUT2D eigenvalue weighted by Crippen LogP contribution is 2.50. The number of carbonyl (C=O) groups is 2. The molecule has 0 unspecified atom stereocenters. The molecule has 1 aliphatic heterocycles. The summed E-state index contributed by atoms with van der Waals surface area (Å²) in [7, 11) is 1.72. The number of nitrogens with one attached hydrogen (secondary N) is 2. The zero-order valence-electron chi connectivity index (χ0n) is 19.2. The first-order valence-electron chi connectivity index (χ1n) is 11.6. The van der Waals surface area contributed by atoms with Crippen LogP contribution in [0.1, 0.15) is 55.7 Å². The maximum atomic E-state index is 13.4. The molecule has 2 aromatic rings. The van der Waals surface area contributed by atoms with E-state index in [4.69, 9.17) is 0 Å². The molecule has 3 aliphatic rings. The van der Waals surface area contributed by atoms with E-state index in [0.717, 1.165) is 48.2 Å². The average molecular weight is 448 g/mol. The molecule has 0 aromatic carbocycles. The Hall–Kier alpha value is -3.36. The van der Waals surface area contributed by atoms with Crippen molar-refractivity contribution in [3.63, 3.8) is 0 Å². The van der Waals surface area contributed by atoms with Crippen LogP contribution in [0.15, 0.2) is 35.0 Å². The number of nitrogens with zero attached hydrogens (tertiary/aromatic N) is 5. The van der Waals surface area contributed by atoms with Gasteiger partial charge in [0.05, 0.1) is 12.2 Å². The first-order valence-corrected chi connectivity index (χ1v) is 11.6. The topological polar surface area (TPSA) is 114 Å². The molecule has 2 saturated carbocycles. The maximum Gasteiger partial charge on any atom is 0.270 e. The summed E-state index contributed by atoms with van der Waals surface area (Å²) in [5.41, 5.74) is 4.31. The minimum atomic E-state index is -0.622. The zero-order chi connectivity index (χ0) is 23.1. The van der Waals surface area contributed by atoms with Crippen molar-refractivity contribution in [1.82, 2.24) is 25.3 Å². The molecule has 9 heteroatoms.